The second-order valence-electron chi connectivity index (χ2n) is 7.02. The average Bonchev–Trinajstić information content (AvgIpc) is 3.06. The third-order valence-corrected chi connectivity index (χ3v) is 6.76. The van der Waals surface area contributed by atoms with E-state index in [1.807, 2.05) is 24.3 Å². The Hall–Kier alpha value is -2.65. The molecule has 11 heteroatoms. The summed E-state index contributed by atoms with van der Waals surface area (Å²) < 4.78 is 35.6. The number of imidazole rings is 1. The molecule has 3 N–H and O–H groups in total. The smallest absolute Gasteiger partial charge is 0.335 e. The number of methoxy groups -OCH3 is 1. The molecule has 32 heavy (non-hydrogen) atoms. The number of H-pyrrole nitrogens is 1. The molecule has 0 amide bonds. The predicted molar refractivity (Wildman–Crippen MR) is 122 cm³/mol. The van der Waals surface area contributed by atoms with Gasteiger partial charge in [-0.1, -0.05) is 24.3 Å². The Bertz CT molecular complexity index is 1130. The highest BCUT2D eigenvalue weighted by atomic mass is 31.2. The number of fused-ring (bicyclic) bond motifs is 1. The first-order valence-corrected chi connectivity index (χ1v) is 12.1. The Labute approximate surface area is 186 Å². The molecule has 0 bridgehead atoms. The Balaban J connectivity index is 1.82. The number of nitrogens with one attached hydrogen (secondary N) is 1. The van der Waals surface area contributed by atoms with Gasteiger partial charge in [0.25, 0.3) is 0 Å². The molecular formula is C21H29N4O6P. The molecule has 2 aromatic heterocycles. The number of benzene rings is 1. The first-order chi connectivity index (χ1) is 15.4. The molecule has 3 rings (SSSR count). The number of nitrogens with two attached hydrogens (primary N) is 1. The predicted octanol–water partition coefficient (Wildman–Crippen LogP) is 3.15. The summed E-state index contributed by atoms with van der Waals surface area (Å²) in [5.41, 5.74) is 8.47. The zero-order valence-electron chi connectivity index (χ0n) is 18.5. The Morgan fingerprint density at radius 3 is 2.38 bits per heavy atom. The topological polar surface area (TPSA) is 131 Å². The van der Waals surface area contributed by atoms with Crippen molar-refractivity contribution in [2.24, 2.45) is 0 Å². The maximum Gasteiger partial charge on any atom is 0.335 e. The van der Waals surface area contributed by atoms with Gasteiger partial charge in [-0.2, -0.15) is 4.98 Å². The molecule has 0 fully saturated rings. The highest BCUT2D eigenvalue weighted by Crippen LogP contribution is 2.51. The number of aromatic amines is 1. The van der Waals surface area contributed by atoms with E-state index in [0.29, 0.717) is 49.9 Å². The fourth-order valence-corrected chi connectivity index (χ4v) is 4.99. The minimum absolute atomic E-state index is 0.184. The number of hydrogen-bond acceptors (Lipinski definition) is 8. The van der Waals surface area contributed by atoms with Gasteiger partial charge in [-0.05, 0) is 25.0 Å². The van der Waals surface area contributed by atoms with E-state index in [1.54, 1.807) is 31.6 Å². The molecule has 0 radical (unpaired) electrons. The summed E-state index contributed by atoms with van der Waals surface area (Å²) in [4.78, 5) is 19.5. The van der Waals surface area contributed by atoms with E-state index >= 15 is 0 Å². The molecule has 0 unspecified atom stereocenters. The molecule has 0 aliphatic heterocycles. The van der Waals surface area contributed by atoms with E-state index in [4.69, 9.17) is 24.3 Å². The number of pyridine rings is 1. The van der Waals surface area contributed by atoms with Crippen molar-refractivity contribution >= 4 is 24.4 Å². The minimum atomic E-state index is -3.18. The monoisotopic (exact) mass is 464 g/mol. The maximum atomic E-state index is 12.7. The van der Waals surface area contributed by atoms with Crippen LogP contribution in [-0.2, 0) is 31.1 Å². The summed E-state index contributed by atoms with van der Waals surface area (Å²) in [6.07, 6.45) is 0.187. The van der Waals surface area contributed by atoms with Crippen LogP contribution in [0.4, 0.5) is 5.82 Å². The van der Waals surface area contributed by atoms with Gasteiger partial charge in [0.05, 0.1) is 38.0 Å². The van der Waals surface area contributed by atoms with Crippen molar-refractivity contribution in [2.45, 2.75) is 26.6 Å². The molecule has 1 aromatic carbocycles. The van der Waals surface area contributed by atoms with Crippen molar-refractivity contribution in [1.82, 2.24) is 14.5 Å². The largest absolute Gasteiger partial charge is 0.475 e. The summed E-state index contributed by atoms with van der Waals surface area (Å²) in [5.74, 6) is 0.501. The fraction of sp³-hybridized carbons (Fsp3) is 0.429. The first-order valence-electron chi connectivity index (χ1n) is 10.4. The number of rotatable bonds is 12. The Morgan fingerprint density at radius 1 is 1.09 bits per heavy atom. The number of ether oxygens (including phenoxy) is 2. The molecule has 2 heterocycles. The number of nitrogens with zero attached hydrogens (tertiary/aromatic N) is 2. The molecule has 0 aliphatic carbocycles. The van der Waals surface area contributed by atoms with Gasteiger partial charge < -0.3 is 29.2 Å². The summed E-state index contributed by atoms with van der Waals surface area (Å²) in [5, 5.41) is 0. The molecule has 0 spiro atoms. The number of anilines is 1. The minimum Gasteiger partial charge on any atom is -0.475 e. The summed E-state index contributed by atoms with van der Waals surface area (Å²) in [6.45, 7) is 5.23. The zero-order chi connectivity index (χ0) is 23.1. The molecule has 0 saturated heterocycles. The van der Waals surface area contributed by atoms with Crippen molar-refractivity contribution in [1.29, 1.82) is 0 Å². The fourth-order valence-electron chi connectivity index (χ4n) is 3.29. The van der Waals surface area contributed by atoms with Crippen LogP contribution in [0.1, 0.15) is 25.0 Å². The van der Waals surface area contributed by atoms with Crippen LogP contribution in [0.25, 0.3) is 11.0 Å². The van der Waals surface area contributed by atoms with Gasteiger partial charge in [0.1, 0.15) is 12.1 Å². The van der Waals surface area contributed by atoms with Crippen LogP contribution < -0.4 is 16.2 Å². The summed E-state index contributed by atoms with van der Waals surface area (Å²) in [6, 6.07) is 9.14. The second kappa shape index (κ2) is 10.8. The van der Waals surface area contributed by atoms with Gasteiger partial charge in [0, 0.05) is 13.2 Å². The lowest BCUT2D eigenvalue weighted by Crippen LogP contribution is -2.17. The van der Waals surface area contributed by atoms with Gasteiger partial charge in [-0.15, -0.1) is 0 Å². The molecule has 3 aromatic rings. The number of nitrogen functional groups attached to an aromatic ring is 1. The number of aromatic nitrogens is 3. The van der Waals surface area contributed by atoms with Crippen LogP contribution in [-0.4, -0.2) is 48.1 Å². The van der Waals surface area contributed by atoms with Crippen molar-refractivity contribution < 1.29 is 23.1 Å². The second-order valence-corrected chi connectivity index (χ2v) is 9.07. The molecular weight excluding hydrogens is 435 g/mol. The van der Waals surface area contributed by atoms with E-state index in [1.165, 1.54) is 0 Å². The summed E-state index contributed by atoms with van der Waals surface area (Å²) in [7, 11) is -1.60. The molecule has 10 nitrogen and oxygen atoms in total. The van der Waals surface area contributed by atoms with E-state index in [0.717, 1.165) is 11.1 Å². The first kappa shape index (κ1) is 24.0. The average molecular weight is 464 g/mol. The Kier molecular flexibility index (Phi) is 8.09. The van der Waals surface area contributed by atoms with Crippen molar-refractivity contribution in [2.75, 3.05) is 39.3 Å². The highest BCUT2D eigenvalue weighted by molar-refractivity contribution is 7.53. The number of hydrogen-bond donors (Lipinski definition) is 2. The lowest BCUT2D eigenvalue weighted by molar-refractivity contribution is 0.144. The quantitative estimate of drug-likeness (QED) is 0.309. The standard InChI is InChI=1S/C21H29N4O6P/c1-4-30-32(27,31-5-2)14-16-8-6-15(7-9-16)13-25-17-12-18(29-11-10-28-3)23-20(22)19(17)24-21(25)26/h6-9,12H,4-5,10-11,13-14H2,1-3H3,(H2,22,23)(H,24,26). The van der Waals surface area contributed by atoms with Gasteiger partial charge in [-0.3, -0.25) is 9.13 Å². The van der Waals surface area contributed by atoms with Crippen molar-refractivity contribution in [3.05, 3.63) is 51.9 Å². The van der Waals surface area contributed by atoms with E-state index in [2.05, 4.69) is 9.97 Å². The van der Waals surface area contributed by atoms with Crippen molar-refractivity contribution in [3.8, 4) is 5.88 Å². The zero-order valence-corrected chi connectivity index (χ0v) is 19.4. The normalized spacial score (nSPS) is 11.8. The third-order valence-electron chi connectivity index (χ3n) is 4.70. The third kappa shape index (κ3) is 5.77. The van der Waals surface area contributed by atoms with Crippen LogP contribution in [0, 0.1) is 0 Å². The van der Waals surface area contributed by atoms with Gasteiger partial charge in [0.15, 0.2) is 5.82 Å². The molecule has 0 aliphatic rings. The lowest BCUT2D eigenvalue weighted by atomic mass is 10.1. The van der Waals surface area contributed by atoms with E-state index in [9.17, 15) is 9.36 Å². The van der Waals surface area contributed by atoms with Crippen LogP contribution >= 0.6 is 7.60 Å². The van der Waals surface area contributed by atoms with Crippen LogP contribution in [0.3, 0.4) is 0 Å². The van der Waals surface area contributed by atoms with E-state index < -0.39 is 7.60 Å². The van der Waals surface area contributed by atoms with Gasteiger partial charge in [-0.25, -0.2) is 4.79 Å². The highest BCUT2D eigenvalue weighted by Gasteiger charge is 2.24. The van der Waals surface area contributed by atoms with Gasteiger partial charge >= 0.3 is 13.3 Å². The molecule has 0 atom stereocenters. The van der Waals surface area contributed by atoms with Crippen LogP contribution in [0.2, 0.25) is 0 Å². The van der Waals surface area contributed by atoms with Gasteiger partial charge in [0.2, 0.25) is 5.88 Å². The van der Waals surface area contributed by atoms with E-state index in [-0.39, 0.29) is 17.7 Å². The van der Waals surface area contributed by atoms with Crippen LogP contribution in [0.15, 0.2) is 35.1 Å². The van der Waals surface area contributed by atoms with Crippen LogP contribution in [0.5, 0.6) is 5.88 Å². The molecule has 0 saturated carbocycles. The lowest BCUT2D eigenvalue weighted by Gasteiger charge is -2.17. The summed E-state index contributed by atoms with van der Waals surface area (Å²) >= 11 is 0. The molecule has 174 valence electrons. The maximum absolute atomic E-state index is 12.7. The SMILES string of the molecule is CCOP(=O)(Cc1ccc(Cn2c(=O)[nH]c3c(N)nc(OCCOC)cc32)cc1)OCC. The van der Waals surface area contributed by atoms with Crippen molar-refractivity contribution in [3.63, 3.8) is 0 Å². The Morgan fingerprint density at radius 2 is 1.75 bits per heavy atom.